The molecule has 26 heavy (non-hydrogen) atoms. The van der Waals surface area contributed by atoms with Gasteiger partial charge in [-0.2, -0.15) is 0 Å². The topological polar surface area (TPSA) is 99.9 Å². The van der Waals surface area contributed by atoms with Crippen molar-refractivity contribution in [1.29, 1.82) is 0 Å². The molecule has 8 nitrogen and oxygen atoms in total. The van der Waals surface area contributed by atoms with Gasteiger partial charge in [-0.25, -0.2) is 4.39 Å². The second-order valence-electron chi connectivity index (χ2n) is 6.26. The Bertz CT molecular complexity index is 808. The van der Waals surface area contributed by atoms with Crippen molar-refractivity contribution in [2.24, 2.45) is 0 Å². The van der Waals surface area contributed by atoms with Gasteiger partial charge in [0.1, 0.15) is 5.56 Å². The fourth-order valence-corrected chi connectivity index (χ4v) is 2.84. The van der Waals surface area contributed by atoms with Gasteiger partial charge in [-0.05, 0) is 18.2 Å². The van der Waals surface area contributed by atoms with Crippen LogP contribution in [0.5, 0.6) is 5.75 Å². The van der Waals surface area contributed by atoms with Crippen LogP contribution in [-0.4, -0.2) is 62.6 Å². The number of nitrogens with zero attached hydrogens (tertiary/aromatic N) is 2. The van der Waals surface area contributed by atoms with E-state index in [4.69, 9.17) is 9.26 Å². The normalized spacial score (nSPS) is 19.4. The van der Waals surface area contributed by atoms with Gasteiger partial charge in [0.25, 0.3) is 5.91 Å². The Morgan fingerprint density at radius 2 is 2.23 bits per heavy atom. The first-order chi connectivity index (χ1) is 12.4. The standard InChI is InChI=1S/C17H21FN4O4/c1-22(2)16-14(17(24)20-11-7-19-8-12(11)23)15(26-21-16)9-4-5-10(18)13(6-9)25-3/h4-6,11-12,19,23H,7-8H2,1-3H3,(H,20,24)/t11-,12-/m1/s1. The number of hydrogen-bond donors (Lipinski definition) is 3. The van der Waals surface area contributed by atoms with Gasteiger partial charge < -0.3 is 29.9 Å². The van der Waals surface area contributed by atoms with E-state index >= 15 is 0 Å². The molecule has 3 rings (SSSR count). The molecule has 0 saturated carbocycles. The highest BCUT2D eigenvalue weighted by Gasteiger charge is 2.31. The van der Waals surface area contributed by atoms with E-state index in [2.05, 4.69) is 15.8 Å². The fraction of sp³-hybridized carbons (Fsp3) is 0.412. The first kappa shape index (κ1) is 18.2. The predicted molar refractivity (Wildman–Crippen MR) is 92.9 cm³/mol. The Balaban J connectivity index is 2.00. The minimum absolute atomic E-state index is 0.0343. The predicted octanol–water partition coefficient (Wildman–Crippen LogP) is 0.618. The molecular formula is C17H21FN4O4. The van der Waals surface area contributed by atoms with Crippen LogP contribution < -0.4 is 20.3 Å². The number of aliphatic hydroxyl groups excluding tert-OH is 1. The molecule has 0 spiro atoms. The number of β-amino-alcohol motifs (C(OH)–C–C–N with tert-alkyl or cyclic N) is 1. The molecule has 0 radical (unpaired) electrons. The quantitative estimate of drug-likeness (QED) is 0.715. The summed E-state index contributed by atoms with van der Waals surface area (Å²) in [5.41, 5.74) is 0.668. The van der Waals surface area contributed by atoms with Crippen LogP contribution >= 0.6 is 0 Å². The van der Waals surface area contributed by atoms with Crippen LogP contribution in [0.1, 0.15) is 10.4 Å². The van der Waals surface area contributed by atoms with E-state index < -0.39 is 23.9 Å². The molecule has 1 fully saturated rings. The molecule has 1 aromatic carbocycles. The molecular weight excluding hydrogens is 343 g/mol. The van der Waals surface area contributed by atoms with Crippen molar-refractivity contribution in [3.63, 3.8) is 0 Å². The SMILES string of the molecule is COc1cc(-c2onc(N(C)C)c2C(=O)N[C@@H]2CNC[C@H]2O)ccc1F. The zero-order chi connectivity index (χ0) is 18.8. The molecule has 0 unspecified atom stereocenters. The molecule has 2 atom stereocenters. The number of benzene rings is 1. The van der Waals surface area contributed by atoms with Gasteiger partial charge in [0.05, 0.1) is 19.3 Å². The second-order valence-corrected chi connectivity index (χ2v) is 6.26. The summed E-state index contributed by atoms with van der Waals surface area (Å²) in [5.74, 6) is -0.381. The third-order valence-corrected chi connectivity index (χ3v) is 4.24. The lowest BCUT2D eigenvalue weighted by Gasteiger charge is -2.17. The van der Waals surface area contributed by atoms with Crippen molar-refractivity contribution < 1.29 is 23.6 Å². The molecule has 1 aliphatic heterocycles. The van der Waals surface area contributed by atoms with Crippen molar-refractivity contribution in [2.45, 2.75) is 12.1 Å². The van der Waals surface area contributed by atoms with E-state index in [-0.39, 0.29) is 17.1 Å². The van der Waals surface area contributed by atoms with E-state index in [0.717, 1.165) is 0 Å². The van der Waals surface area contributed by atoms with Crippen LogP contribution in [-0.2, 0) is 0 Å². The van der Waals surface area contributed by atoms with Crippen LogP contribution in [0.15, 0.2) is 22.7 Å². The molecule has 140 valence electrons. The van der Waals surface area contributed by atoms with Crippen molar-refractivity contribution in [2.75, 3.05) is 39.2 Å². The van der Waals surface area contributed by atoms with Crippen LogP contribution in [0.3, 0.4) is 0 Å². The van der Waals surface area contributed by atoms with Crippen LogP contribution in [0.4, 0.5) is 10.2 Å². The van der Waals surface area contributed by atoms with Gasteiger partial charge in [-0.1, -0.05) is 5.16 Å². The first-order valence-corrected chi connectivity index (χ1v) is 8.13. The van der Waals surface area contributed by atoms with Gasteiger partial charge >= 0.3 is 0 Å². The van der Waals surface area contributed by atoms with E-state index in [0.29, 0.717) is 24.5 Å². The molecule has 3 N–H and O–H groups in total. The number of aliphatic hydroxyl groups is 1. The van der Waals surface area contributed by atoms with Crippen LogP contribution in [0.25, 0.3) is 11.3 Å². The number of aromatic nitrogens is 1. The summed E-state index contributed by atoms with van der Waals surface area (Å²) >= 11 is 0. The second kappa shape index (κ2) is 7.30. The largest absolute Gasteiger partial charge is 0.494 e. The molecule has 1 aromatic heterocycles. The van der Waals surface area contributed by atoms with Gasteiger partial charge in [-0.15, -0.1) is 0 Å². The third-order valence-electron chi connectivity index (χ3n) is 4.24. The van der Waals surface area contributed by atoms with Gasteiger partial charge in [-0.3, -0.25) is 4.79 Å². The summed E-state index contributed by atoms with van der Waals surface area (Å²) in [6, 6.07) is 3.75. The number of halogens is 1. The molecule has 1 amide bonds. The summed E-state index contributed by atoms with van der Waals surface area (Å²) in [6.07, 6.45) is -0.670. The Labute approximate surface area is 149 Å². The number of hydrogen-bond acceptors (Lipinski definition) is 7. The maximum absolute atomic E-state index is 13.7. The molecule has 2 aromatic rings. The molecule has 9 heteroatoms. The van der Waals surface area contributed by atoms with Gasteiger partial charge in [0.2, 0.25) is 0 Å². The van der Waals surface area contributed by atoms with Crippen LogP contribution in [0.2, 0.25) is 0 Å². The van der Waals surface area contributed by atoms with Gasteiger partial charge in [0.15, 0.2) is 23.1 Å². The van der Waals surface area contributed by atoms with Crippen LogP contribution in [0, 0.1) is 5.82 Å². The smallest absolute Gasteiger partial charge is 0.259 e. The van der Waals surface area contributed by atoms with E-state index in [9.17, 15) is 14.3 Å². The molecule has 1 saturated heterocycles. The zero-order valence-electron chi connectivity index (χ0n) is 14.7. The highest BCUT2D eigenvalue weighted by Crippen LogP contribution is 2.33. The minimum atomic E-state index is -0.670. The lowest BCUT2D eigenvalue weighted by molar-refractivity contribution is 0.0889. The maximum atomic E-state index is 13.7. The Kier molecular flexibility index (Phi) is 5.10. The number of carbonyl (C=O) groups is 1. The number of nitrogens with one attached hydrogen (secondary N) is 2. The summed E-state index contributed by atoms with van der Waals surface area (Å²) in [5, 5.41) is 19.7. The van der Waals surface area contributed by atoms with Crippen molar-refractivity contribution in [3.05, 3.63) is 29.6 Å². The minimum Gasteiger partial charge on any atom is -0.494 e. The number of rotatable bonds is 5. The average Bonchev–Trinajstić information content (AvgIpc) is 3.22. The van der Waals surface area contributed by atoms with Gasteiger partial charge in [0, 0.05) is 32.7 Å². The Morgan fingerprint density at radius 3 is 2.85 bits per heavy atom. The highest BCUT2D eigenvalue weighted by molar-refractivity contribution is 6.04. The monoisotopic (exact) mass is 364 g/mol. The van der Waals surface area contributed by atoms with E-state index in [1.54, 1.807) is 19.0 Å². The number of methoxy groups -OCH3 is 1. The average molecular weight is 364 g/mol. The summed E-state index contributed by atoms with van der Waals surface area (Å²) < 4.78 is 24.1. The summed E-state index contributed by atoms with van der Waals surface area (Å²) in [6.45, 7) is 0.881. The summed E-state index contributed by atoms with van der Waals surface area (Å²) in [4.78, 5) is 14.5. The zero-order valence-corrected chi connectivity index (χ0v) is 14.7. The van der Waals surface area contributed by atoms with Crippen molar-refractivity contribution >= 4 is 11.7 Å². The number of anilines is 1. The number of amides is 1. The molecule has 0 aliphatic carbocycles. The molecule has 1 aliphatic rings. The molecule has 0 bridgehead atoms. The lowest BCUT2D eigenvalue weighted by atomic mass is 10.1. The third kappa shape index (κ3) is 3.35. The lowest BCUT2D eigenvalue weighted by Crippen LogP contribution is -2.43. The maximum Gasteiger partial charge on any atom is 0.259 e. The van der Waals surface area contributed by atoms with Crippen molar-refractivity contribution in [3.8, 4) is 17.1 Å². The van der Waals surface area contributed by atoms with E-state index in [1.807, 2.05) is 0 Å². The number of carbonyl (C=O) groups excluding carboxylic acids is 1. The van der Waals surface area contributed by atoms with Crippen molar-refractivity contribution in [1.82, 2.24) is 15.8 Å². The first-order valence-electron chi connectivity index (χ1n) is 8.13. The van der Waals surface area contributed by atoms with E-state index in [1.165, 1.54) is 25.3 Å². The Hall–Kier alpha value is -2.65. The number of ether oxygens (including phenoxy) is 1. The fourth-order valence-electron chi connectivity index (χ4n) is 2.84. The Morgan fingerprint density at radius 1 is 1.46 bits per heavy atom. The molecule has 2 heterocycles. The summed E-state index contributed by atoms with van der Waals surface area (Å²) in [7, 11) is 4.82. The highest BCUT2D eigenvalue weighted by atomic mass is 19.1.